The van der Waals surface area contributed by atoms with Crippen molar-refractivity contribution >= 4 is 28.9 Å². The molecule has 0 aliphatic heterocycles. The highest BCUT2D eigenvalue weighted by molar-refractivity contribution is 6.34. The van der Waals surface area contributed by atoms with Gasteiger partial charge in [-0.1, -0.05) is 23.2 Å². The molecule has 0 aliphatic rings. The van der Waals surface area contributed by atoms with E-state index in [4.69, 9.17) is 27.6 Å². The van der Waals surface area contributed by atoms with E-state index in [9.17, 15) is 0 Å². The lowest BCUT2D eigenvalue weighted by Gasteiger charge is -2.10. The molecule has 0 aromatic carbocycles. The second kappa shape index (κ2) is 4.76. The van der Waals surface area contributed by atoms with Gasteiger partial charge >= 0.3 is 0 Å². The average Bonchev–Trinajstić information content (AvgIpc) is 2.68. The minimum atomic E-state index is 0.383. The van der Waals surface area contributed by atoms with Crippen molar-refractivity contribution in [3.8, 4) is 0 Å². The van der Waals surface area contributed by atoms with Crippen LogP contribution in [0.4, 0.5) is 5.69 Å². The Balaban J connectivity index is 2.15. The van der Waals surface area contributed by atoms with Gasteiger partial charge in [0.05, 0.1) is 18.2 Å². The molecule has 16 heavy (non-hydrogen) atoms. The number of pyridine rings is 1. The number of nitrogens with one attached hydrogen (secondary N) is 1. The van der Waals surface area contributed by atoms with E-state index in [0.29, 0.717) is 16.9 Å². The summed E-state index contributed by atoms with van der Waals surface area (Å²) >= 11 is 11.8. The van der Waals surface area contributed by atoms with Crippen LogP contribution in [0.2, 0.25) is 10.3 Å². The van der Waals surface area contributed by atoms with Crippen molar-refractivity contribution in [2.45, 2.75) is 13.5 Å². The summed E-state index contributed by atoms with van der Waals surface area (Å²) in [4.78, 5) is 3.98. The molecule has 2 aromatic rings. The number of aryl methyl sites for hydroxylation is 1. The average molecular weight is 257 g/mol. The van der Waals surface area contributed by atoms with Crippen LogP contribution in [0.3, 0.4) is 0 Å². The van der Waals surface area contributed by atoms with Crippen LogP contribution in [-0.2, 0) is 6.54 Å². The summed E-state index contributed by atoms with van der Waals surface area (Å²) in [6.45, 7) is 2.57. The van der Waals surface area contributed by atoms with E-state index in [1.807, 2.05) is 13.0 Å². The Morgan fingerprint density at radius 1 is 1.44 bits per heavy atom. The fourth-order valence-corrected chi connectivity index (χ4v) is 1.99. The summed E-state index contributed by atoms with van der Waals surface area (Å²) in [6, 6.07) is 3.66. The molecule has 0 aliphatic carbocycles. The van der Waals surface area contributed by atoms with Crippen LogP contribution in [0, 0.1) is 6.92 Å². The maximum Gasteiger partial charge on any atom is 0.154 e. The van der Waals surface area contributed by atoms with E-state index in [2.05, 4.69) is 10.3 Å². The molecule has 0 bridgehead atoms. The molecular weight excluding hydrogens is 247 g/mol. The van der Waals surface area contributed by atoms with E-state index < -0.39 is 0 Å². The number of hydrogen-bond donors (Lipinski definition) is 1. The Morgan fingerprint density at radius 2 is 2.25 bits per heavy atom. The zero-order valence-electron chi connectivity index (χ0n) is 8.63. The van der Waals surface area contributed by atoms with Crippen molar-refractivity contribution < 1.29 is 4.42 Å². The quantitative estimate of drug-likeness (QED) is 0.847. The van der Waals surface area contributed by atoms with Crippen LogP contribution < -0.4 is 5.32 Å². The molecule has 0 spiro atoms. The highest BCUT2D eigenvalue weighted by Crippen LogP contribution is 2.26. The van der Waals surface area contributed by atoms with Crippen molar-refractivity contribution in [1.29, 1.82) is 0 Å². The fraction of sp³-hybridized carbons (Fsp3) is 0.182. The van der Waals surface area contributed by atoms with Gasteiger partial charge in [-0.15, -0.1) is 0 Å². The summed E-state index contributed by atoms with van der Waals surface area (Å²) in [5.74, 6) is 0. The molecule has 0 amide bonds. The summed E-state index contributed by atoms with van der Waals surface area (Å²) in [7, 11) is 0. The molecule has 2 heterocycles. The van der Waals surface area contributed by atoms with E-state index in [0.717, 1.165) is 16.8 Å². The van der Waals surface area contributed by atoms with E-state index in [1.54, 1.807) is 18.6 Å². The number of aromatic nitrogens is 1. The van der Waals surface area contributed by atoms with Crippen LogP contribution >= 0.6 is 23.2 Å². The van der Waals surface area contributed by atoms with Crippen LogP contribution in [0.5, 0.6) is 0 Å². The third kappa shape index (κ3) is 2.49. The molecule has 84 valence electrons. The van der Waals surface area contributed by atoms with Gasteiger partial charge in [0.1, 0.15) is 5.15 Å². The van der Waals surface area contributed by atoms with Gasteiger partial charge in [0.25, 0.3) is 0 Å². The minimum Gasteiger partial charge on any atom is -0.472 e. The van der Waals surface area contributed by atoms with E-state index in [-0.39, 0.29) is 0 Å². The first-order valence-corrected chi connectivity index (χ1v) is 5.50. The van der Waals surface area contributed by atoms with Crippen LogP contribution in [0.1, 0.15) is 11.1 Å². The zero-order chi connectivity index (χ0) is 11.5. The molecule has 2 aromatic heterocycles. The highest BCUT2D eigenvalue weighted by Gasteiger charge is 2.07. The summed E-state index contributed by atoms with van der Waals surface area (Å²) in [5, 5.41) is 3.98. The van der Waals surface area contributed by atoms with Crippen molar-refractivity contribution in [1.82, 2.24) is 4.98 Å². The number of hydrogen-bond acceptors (Lipinski definition) is 3. The van der Waals surface area contributed by atoms with E-state index in [1.165, 1.54) is 0 Å². The first-order valence-electron chi connectivity index (χ1n) is 4.74. The molecule has 0 radical (unpaired) electrons. The van der Waals surface area contributed by atoms with Gasteiger partial charge in [0, 0.05) is 12.1 Å². The van der Waals surface area contributed by atoms with E-state index >= 15 is 0 Å². The number of rotatable bonds is 3. The smallest absolute Gasteiger partial charge is 0.154 e. The first kappa shape index (κ1) is 11.3. The summed E-state index contributed by atoms with van der Waals surface area (Å²) in [6.07, 6.45) is 3.31. The number of nitrogens with zero attached hydrogens (tertiary/aromatic N) is 1. The Kier molecular flexibility index (Phi) is 3.36. The lowest BCUT2D eigenvalue weighted by molar-refractivity contribution is 0.564. The van der Waals surface area contributed by atoms with Gasteiger partial charge in [0.2, 0.25) is 0 Å². The normalized spacial score (nSPS) is 10.4. The van der Waals surface area contributed by atoms with Gasteiger partial charge in [-0.3, -0.25) is 0 Å². The van der Waals surface area contributed by atoms with Crippen molar-refractivity contribution in [2.24, 2.45) is 0 Å². The first-order chi connectivity index (χ1) is 7.66. The summed E-state index contributed by atoms with van der Waals surface area (Å²) in [5.41, 5.74) is 2.81. The Morgan fingerprint density at radius 3 is 2.88 bits per heavy atom. The van der Waals surface area contributed by atoms with Gasteiger partial charge in [0.15, 0.2) is 5.15 Å². The second-order valence-corrected chi connectivity index (χ2v) is 4.16. The topological polar surface area (TPSA) is 38.1 Å². The molecule has 5 heteroatoms. The van der Waals surface area contributed by atoms with Gasteiger partial charge in [-0.2, -0.15) is 0 Å². The van der Waals surface area contributed by atoms with Crippen molar-refractivity contribution in [3.63, 3.8) is 0 Å². The van der Waals surface area contributed by atoms with Crippen molar-refractivity contribution in [3.05, 3.63) is 46.1 Å². The molecule has 0 atom stereocenters. The minimum absolute atomic E-state index is 0.383. The Hall–Kier alpha value is -1.19. The maximum absolute atomic E-state index is 5.99. The highest BCUT2D eigenvalue weighted by atomic mass is 35.5. The van der Waals surface area contributed by atoms with Gasteiger partial charge < -0.3 is 9.73 Å². The summed E-state index contributed by atoms with van der Waals surface area (Å²) < 4.78 is 4.97. The maximum atomic E-state index is 5.99. The molecule has 0 fully saturated rings. The van der Waals surface area contributed by atoms with Crippen molar-refractivity contribution in [2.75, 3.05) is 5.32 Å². The molecule has 2 rings (SSSR count). The largest absolute Gasteiger partial charge is 0.472 e. The van der Waals surface area contributed by atoms with Gasteiger partial charge in [-0.05, 0) is 24.6 Å². The molecule has 0 saturated heterocycles. The number of halogens is 2. The Labute approximate surface area is 103 Å². The predicted octanol–water partition coefficient (Wildman–Crippen LogP) is 3.90. The zero-order valence-corrected chi connectivity index (χ0v) is 10.1. The number of furan rings is 1. The molecule has 0 saturated carbocycles. The lowest BCUT2D eigenvalue weighted by Crippen LogP contribution is -2.02. The predicted molar refractivity (Wildman–Crippen MR) is 65.0 cm³/mol. The third-order valence-corrected chi connectivity index (χ3v) is 2.66. The van der Waals surface area contributed by atoms with Gasteiger partial charge in [-0.25, -0.2) is 4.98 Å². The molecule has 3 nitrogen and oxygen atoms in total. The lowest BCUT2D eigenvalue weighted by atomic mass is 10.2. The Bertz CT molecular complexity index is 460. The monoisotopic (exact) mass is 256 g/mol. The molecular formula is C11H10Cl2N2O. The van der Waals surface area contributed by atoms with Crippen LogP contribution in [0.25, 0.3) is 0 Å². The molecule has 0 unspecified atom stereocenters. The van der Waals surface area contributed by atoms with Crippen LogP contribution in [0.15, 0.2) is 29.1 Å². The SMILES string of the molecule is Cc1cc(Cl)nc(Cl)c1NCc1ccoc1. The third-order valence-electron chi connectivity index (χ3n) is 2.19. The molecule has 1 N–H and O–H groups in total. The second-order valence-electron chi connectivity index (χ2n) is 3.41. The van der Waals surface area contributed by atoms with Crippen LogP contribution in [-0.4, -0.2) is 4.98 Å². The standard InChI is InChI=1S/C11H10Cl2N2O/c1-7-4-9(12)15-11(13)10(7)14-5-8-2-3-16-6-8/h2-4,6,14H,5H2,1H3. The fourth-order valence-electron chi connectivity index (χ4n) is 1.39. The number of anilines is 1.